The maximum absolute atomic E-state index is 4.69. The molecule has 0 radical (unpaired) electrons. The van der Waals surface area contributed by atoms with Crippen molar-refractivity contribution in [2.45, 2.75) is 56.7 Å². The molecule has 2 aromatic heterocycles. The molecule has 1 saturated carbocycles. The second-order valence-corrected chi connectivity index (χ2v) is 7.91. The molecule has 1 N–H and O–H groups in total. The first kappa shape index (κ1) is 14.6. The van der Waals surface area contributed by atoms with Gasteiger partial charge >= 0.3 is 0 Å². The quantitative estimate of drug-likeness (QED) is 0.944. The Morgan fingerprint density at radius 2 is 2.05 bits per heavy atom. The van der Waals surface area contributed by atoms with Crippen molar-refractivity contribution in [1.82, 2.24) is 19.8 Å². The average Bonchev–Trinajstić information content (AvgIpc) is 3.03. The number of nitrogens with one attached hydrogen (secondary N) is 1. The molecule has 3 rings (SSSR count). The highest BCUT2D eigenvalue weighted by Crippen LogP contribution is 2.30. The van der Waals surface area contributed by atoms with Gasteiger partial charge in [-0.2, -0.15) is 16.3 Å². The molecule has 0 saturated heterocycles. The zero-order valence-electron chi connectivity index (χ0n) is 13.1. The topological polar surface area (TPSA) is 55.1 Å². The maximum Gasteiger partial charge on any atom is 0.178 e. The molecule has 1 fully saturated rings. The van der Waals surface area contributed by atoms with E-state index in [0.717, 1.165) is 22.5 Å². The molecule has 1 aliphatic rings. The van der Waals surface area contributed by atoms with Crippen molar-refractivity contribution in [3.8, 4) is 0 Å². The lowest BCUT2D eigenvalue weighted by molar-refractivity contribution is 0.527. The van der Waals surface area contributed by atoms with Gasteiger partial charge in [-0.15, -0.1) is 15.3 Å². The van der Waals surface area contributed by atoms with Crippen LogP contribution < -0.4 is 5.32 Å². The van der Waals surface area contributed by atoms with Crippen molar-refractivity contribution in [1.29, 1.82) is 0 Å². The van der Waals surface area contributed by atoms with Gasteiger partial charge in [-0.25, -0.2) is 0 Å². The molecule has 5 nitrogen and oxygen atoms in total. The van der Waals surface area contributed by atoms with Gasteiger partial charge in [-0.3, -0.25) is 0 Å². The Morgan fingerprint density at radius 1 is 1.24 bits per heavy atom. The second-order valence-electron chi connectivity index (χ2n) is 6.77. The van der Waals surface area contributed by atoms with Crippen LogP contribution in [-0.2, 0) is 5.41 Å². The third-order valence-electron chi connectivity index (χ3n) is 4.00. The van der Waals surface area contributed by atoms with E-state index in [4.69, 9.17) is 0 Å². The van der Waals surface area contributed by atoms with Crippen molar-refractivity contribution in [2.75, 3.05) is 11.6 Å². The van der Waals surface area contributed by atoms with Crippen LogP contribution in [0.15, 0.2) is 12.1 Å². The van der Waals surface area contributed by atoms with Gasteiger partial charge in [0.2, 0.25) is 0 Å². The highest BCUT2D eigenvalue weighted by Gasteiger charge is 2.25. The fourth-order valence-electron chi connectivity index (χ4n) is 2.83. The summed E-state index contributed by atoms with van der Waals surface area (Å²) in [6.07, 6.45) is 5.93. The summed E-state index contributed by atoms with van der Waals surface area (Å²) in [5.41, 5.74) is 0.737. The zero-order valence-corrected chi connectivity index (χ0v) is 13.9. The van der Waals surface area contributed by atoms with Gasteiger partial charge < -0.3 is 5.32 Å². The van der Waals surface area contributed by atoms with Gasteiger partial charge in [0.1, 0.15) is 5.82 Å². The van der Waals surface area contributed by atoms with E-state index in [1.54, 1.807) is 0 Å². The monoisotopic (exact) mass is 305 g/mol. The Labute approximate surface area is 129 Å². The van der Waals surface area contributed by atoms with Crippen molar-refractivity contribution in [3.63, 3.8) is 0 Å². The van der Waals surface area contributed by atoms with Gasteiger partial charge in [0.25, 0.3) is 0 Å². The summed E-state index contributed by atoms with van der Waals surface area (Å²) in [5, 5.41) is 17.5. The minimum absolute atomic E-state index is 0.0671. The number of thioether (sulfide) groups is 1. The fourth-order valence-corrected chi connectivity index (χ4v) is 3.62. The molecule has 6 heteroatoms. The van der Waals surface area contributed by atoms with Crippen LogP contribution in [0.3, 0.4) is 0 Å². The number of aromatic nitrogens is 4. The predicted molar refractivity (Wildman–Crippen MR) is 88.0 cm³/mol. The lowest BCUT2D eigenvalue weighted by atomic mass is 9.96. The van der Waals surface area contributed by atoms with Crippen molar-refractivity contribution in [2.24, 2.45) is 0 Å². The lowest BCUT2D eigenvalue weighted by Gasteiger charge is -2.16. The zero-order chi connectivity index (χ0) is 15.0. The molecule has 0 aliphatic heterocycles. The number of anilines is 1. The van der Waals surface area contributed by atoms with Crippen LogP contribution in [0.25, 0.3) is 5.65 Å². The molecular weight excluding hydrogens is 282 g/mol. The van der Waals surface area contributed by atoms with E-state index >= 15 is 0 Å². The summed E-state index contributed by atoms with van der Waals surface area (Å²) < 4.78 is 1.86. The van der Waals surface area contributed by atoms with Gasteiger partial charge in [0.05, 0.1) is 0 Å². The molecule has 114 valence electrons. The minimum atomic E-state index is -0.0671. The largest absolute Gasteiger partial charge is 0.366 e. The molecule has 1 aliphatic carbocycles. The van der Waals surface area contributed by atoms with E-state index in [1.807, 2.05) is 28.4 Å². The Morgan fingerprint density at radius 3 is 2.71 bits per heavy atom. The van der Waals surface area contributed by atoms with E-state index in [1.165, 1.54) is 19.3 Å². The van der Waals surface area contributed by atoms with Crippen molar-refractivity contribution in [3.05, 3.63) is 18.0 Å². The Hall–Kier alpha value is -1.30. The third kappa shape index (κ3) is 3.00. The van der Waals surface area contributed by atoms with Crippen LogP contribution in [-0.4, -0.2) is 37.4 Å². The van der Waals surface area contributed by atoms with Crippen molar-refractivity contribution < 1.29 is 0 Å². The summed E-state index contributed by atoms with van der Waals surface area (Å²) >= 11 is 1.97. The first-order valence-electron chi connectivity index (χ1n) is 7.49. The van der Waals surface area contributed by atoms with E-state index in [9.17, 15) is 0 Å². The number of hydrogen-bond acceptors (Lipinski definition) is 5. The molecule has 2 atom stereocenters. The molecule has 2 aromatic rings. The average molecular weight is 305 g/mol. The minimum Gasteiger partial charge on any atom is -0.366 e. The predicted octanol–water partition coefficient (Wildman–Crippen LogP) is 3.12. The first-order valence-corrected chi connectivity index (χ1v) is 8.78. The molecule has 0 aromatic carbocycles. The first-order chi connectivity index (χ1) is 9.97. The van der Waals surface area contributed by atoms with E-state index in [2.05, 4.69) is 47.6 Å². The van der Waals surface area contributed by atoms with Gasteiger partial charge in [-0.1, -0.05) is 20.8 Å². The number of nitrogens with zero attached hydrogens (tertiary/aromatic N) is 4. The number of rotatable bonds is 3. The van der Waals surface area contributed by atoms with Crippen LogP contribution in [0.2, 0.25) is 0 Å². The van der Waals surface area contributed by atoms with Gasteiger partial charge in [0.15, 0.2) is 11.5 Å². The van der Waals surface area contributed by atoms with Crippen LogP contribution in [0.5, 0.6) is 0 Å². The van der Waals surface area contributed by atoms with Crippen LogP contribution in [0.1, 0.15) is 45.9 Å². The molecule has 2 heterocycles. The smallest absolute Gasteiger partial charge is 0.178 e. The van der Waals surface area contributed by atoms with Crippen molar-refractivity contribution >= 4 is 23.2 Å². The van der Waals surface area contributed by atoms with E-state index in [0.29, 0.717) is 6.04 Å². The standard InChI is InChI=1S/C15H23N5S/c1-15(2,3)14-18-17-13-8-7-12(19-20(13)14)16-10-5-6-11(9-10)21-4/h7-8,10-11H,5-6,9H2,1-4H3,(H,16,19). The fraction of sp³-hybridized carbons (Fsp3) is 0.667. The summed E-state index contributed by atoms with van der Waals surface area (Å²) in [4.78, 5) is 0. The Kier molecular flexibility index (Phi) is 3.82. The summed E-state index contributed by atoms with van der Waals surface area (Å²) in [7, 11) is 0. The summed E-state index contributed by atoms with van der Waals surface area (Å²) in [6, 6.07) is 4.52. The third-order valence-corrected chi connectivity index (χ3v) is 5.10. The highest BCUT2D eigenvalue weighted by atomic mass is 32.2. The second kappa shape index (κ2) is 5.48. The summed E-state index contributed by atoms with van der Waals surface area (Å²) in [6.45, 7) is 6.39. The molecule has 21 heavy (non-hydrogen) atoms. The molecule has 0 bridgehead atoms. The normalized spacial score (nSPS) is 22.9. The molecule has 0 amide bonds. The number of hydrogen-bond donors (Lipinski definition) is 1. The Bertz CT molecular complexity index is 631. The molecule has 0 spiro atoms. The van der Waals surface area contributed by atoms with Crippen LogP contribution >= 0.6 is 11.8 Å². The number of fused-ring (bicyclic) bond motifs is 1. The van der Waals surface area contributed by atoms with Crippen LogP contribution in [0.4, 0.5) is 5.82 Å². The molecular formula is C15H23N5S. The highest BCUT2D eigenvalue weighted by molar-refractivity contribution is 7.99. The van der Waals surface area contributed by atoms with Gasteiger partial charge in [0, 0.05) is 16.7 Å². The summed E-state index contributed by atoms with van der Waals surface area (Å²) in [5.74, 6) is 1.81. The lowest BCUT2D eigenvalue weighted by Crippen LogP contribution is -2.20. The van der Waals surface area contributed by atoms with Gasteiger partial charge in [-0.05, 0) is 37.7 Å². The van der Waals surface area contributed by atoms with Crippen LogP contribution in [0, 0.1) is 0 Å². The maximum atomic E-state index is 4.69. The van der Waals surface area contributed by atoms with E-state index in [-0.39, 0.29) is 5.41 Å². The molecule has 2 unspecified atom stereocenters. The van der Waals surface area contributed by atoms with E-state index < -0.39 is 0 Å². The SMILES string of the molecule is CSC1CCC(Nc2ccc3nnc(C(C)(C)C)n3n2)C1. The Balaban J connectivity index is 1.84.